The summed E-state index contributed by atoms with van der Waals surface area (Å²) >= 11 is 0. The van der Waals surface area contributed by atoms with Gasteiger partial charge in [-0.15, -0.1) is 0 Å². The molecule has 6 nitrogen and oxygen atoms in total. The Morgan fingerprint density at radius 1 is 1.56 bits per heavy atom. The average molecular weight is 227 g/mol. The van der Waals surface area contributed by atoms with Crippen LogP contribution >= 0.6 is 0 Å². The fraction of sp³-hybridized carbons (Fsp3) is 0.222. The van der Waals surface area contributed by atoms with Crippen molar-refractivity contribution in [2.45, 2.75) is 0 Å². The number of non-ortho nitro benzene ring substituents is 1. The number of nitrogens with one attached hydrogen (secondary N) is 2. The van der Waals surface area contributed by atoms with E-state index < -0.39 is 16.6 Å². The number of likely N-dealkylation sites (N-methyl/N-ethyl adjacent to an activating group) is 1. The number of halogens is 1. The van der Waals surface area contributed by atoms with Crippen molar-refractivity contribution in [3.8, 4) is 0 Å². The quantitative estimate of drug-likeness (QED) is 0.591. The number of benzene rings is 1. The summed E-state index contributed by atoms with van der Waals surface area (Å²) in [5.41, 5.74) is -0.435. The summed E-state index contributed by atoms with van der Waals surface area (Å²) in [6, 6.07) is 3.04. The smallest absolute Gasteiger partial charge is 0.272 e. The second-order valence-corrected chi connectivity index (χ2v) is 3.00. The van der Waals surface area contributed by atoms with E-state index in [0.29, 0.717) is 0 Å². The van der Waals surface area contributed by atoms with Gasteiger partial charge in [-0.25, -0.2) is 4.39 Å². The van der Waals surface area contributed by atoms with Crippen molar-refractivity contribution in [2.75, 3.05) is 18.9 Å². The molecule has 1 rings (SSSR count). The maximum Gasteiger partial charge on any atom is 0.272 e. The van der Waals surface area contributed by atoms with E-state index in [-0.39, 0.29) is 17.9 Å². The lowest BCUT2D eigenvalue weighted by molar-refractivity contribution is -0.385. The second kappa shape index (κ2) is 5.17. The molecule has 16 heavy (non-hydrogen) atoms. The molecule has 0 aromatic heterocycles. The zero-order valence-electron chi connectivity index (χ0n) is 8.49. The lowest BCUT2D eigenvalue weighted by Gasteiger charge is -2.05. The zero-order valence-corrected chi connectivity index (χ0v) is 8.49. The van der Waals surface area contributed by atoms with Gasteiger partial charge in [0.1, 0.15) is 0 Å². The van der Waals surface area contributed by atoms with Crippen LogP contribution in [0, 0.1) is 15.9 Å². The first-order valence-corrected chi connectivity index (χ1v) is 4.43. The van der Waals surface area contributed by atoms with E-state index in [1.165, 1.54) is 0 Å². The molecule has 0 saturated carbocycles. The summed E-state index contributed by atoms with van der Waals surface area (Å²) in [7, 11) is 1.58. The van der Waals surface area contributed by atoms with Gasteiger partial charge in [0, 0.05) is 6.07 Å². The van der Waals surface area contributed by atoms with E-state index in [2.05, 4.69) is 10.6 Å². The van der Waals surface area contributed by atoms with Gasteiger partial charge in [0.2, 0.25) is 5.91 Å². The van der Waals surface area contributed by atoms with Crippen LogP contribution in [-0.2, 0) is 4.79 Å². The molecule has 1 aromatic rings. The Labute approximate surface area is 90.6 Å². The number of hydrogen-bond acceptors (Lipinski definition) is 4. The molecule has 0 aliphatic heterocycles. The fourth-order valence-corrected chi connectivity index (χ4v) is 1.07. The van der Waals surface area contributed by atoms with Gasteiger partial charge in [0.05, 0.1) is 23.2 Å². The largest absolute Gasteiger partial charge is 0.322 e. The van der Waals surface area contributed by atoms with E-state index in [0.717, 1.165) is 18.2 Å². The van der Waals surface area contributed by atoms with Gasteiger partial charge in [0.25, 0.3) is 5.69 Å². The highest BCUT2D eigenvalue weighted by Gasteiger charge is 2.11. The molecule has 0 atom stereocenters. The van der Waals surface area contributed by atoms with Gasteiger partial charge in [-0.3, -0.25) is 14.9 Å². The Balaban J connectivity index is 2.83. The van der Waals surface area contributed by atoms with Gasteiger partial charge in [-0.05, 0) is 13.1 Å². The molecule has 0 aliphatic carbocycles. The fourth-order valence-electron chi connectivity index (χ4n) is 1.07. The molecule has 0 radical (unpaired) electrons. The zero-order chi connectivity index (χ0) is 12.1. The first-order chi connectivity index (χ1) is 7.54. The van der Waals surface area contributed by atoms with Crippen LogP contribution in [0.25, 0.3) is 0 Å². The summed E-state index contributed by atoms with van der Waals surface area (Å²) in [5.74, 6) is -1.26. The molecule has 0 unspecified atom stereocenters. The topological polar surface area (TPSA) is 84.3 Å². The van der Waals surface area contributed by atoms with Crippen LogP contribution in [0.5, 0.6) is 0 Å². The van der Waals surface area contributed by atoms with E-state index in [9.17, 15) is 19.3 Å². The number of carbonyl (C=O) groups excluding carboxylic acids is 1. The number of rotatable bonds is 4. The SMILES string of the molecule is CNCC(=O)Nc1ccc([N+](=O)[O-])cc1F. The standard InChI is InChI=1S/C9H10FN3O3/c1-11-5-9(14)12-8-3-2-6(13(15)16)4-7(8)10/h2-4,11H,5H2,1H3,(H,12,14). The average Bonchev–Trinajstić information content (AvgIpc) is 2.21. The molecule has 1 amide bonds. The Morgan fingerprint density at radius 3 is 2.75 bits per heavy atom. The Hall–Kier alpha value is -2.02. The predicted molar refractivity (Wildman–Crippen MR) is 55.6 cm³/mol. The number of nitro groups is 1. The third kappa shape index (κ3) is 2.99. The summed E-state index contributed by atoms with van der Waals surface area (Å²) < 4.78 is 13.3. The minimum Gasteiger partial charge on any atom is -0.322 e. The molecule has 2 N–H and O–H groups in total. The van der Waals surface area contributed by atoms with Crippen LogP contribution in [0.2, 0.25) is 0 Å². The highest BCUT2D eigenvalue weighted by molar-refractivity contribution is 5.92. The highest BCUT2D eigenvalue weighted by Crippen LogP contribution is 2.20. The summed E-state index contributed by atoms with van der Waals surface area (Å²) in [4.78, 5) is 20.7. The van der Waals surface area contributed by atoms with Crippen molar-refractivity contribution in [1.82, 2.24) is 5.32 Å². The highest BCUT2D eigenvalue weighted by atomic mass is 19.1. The molecule has 1 aromatic carbocycles. The van der Waals surface area contributed by atoms with E-state index >= 15 is 0 Å². The molecule has 0 aliphatic rings. The lowest BCUT2D eigenvalue weighted by atomic mass is 10.2. The number of nitro benzene ring substituents is 1. The van der Waals surface area contributed by atoms with Crippen LogP contribution in [0.3, 0.4) is 0 Å². The molecule has 0 spiro atoms. The molecule has 0 saturated heterocycles. The number of anilines is 1. The predicted octanol–water partition coefficient (Wildman–Crippen LogP) is 0.892. The molecule has 7 heteroatoms. The van der Waals surface area contributed by atoms with Crippen molar-refractivity contribution >= 4 is 17.3 Å². The lowest BCUT2D eigenvalue weighted by Crippen LogP contribution is -2.25. The van der Waals surface area contributed by atoms with Crippen molar-refractivity contribution in [1.29, 1.82) is 0 Å². The Morgan fingerprint density at radius 2 is 2.25 bits per heavy atom. The third-order valence-corrected chi connectivity index (χ3v) is 1.77. The van der Waals surface area contributed by atoms with Crippen molar-refractivity contribution in [3.63, 3.8) is 0 Å². The summed E-state index contributed by atoms with van der Waals surface area (Å²) in [6.07, 6.45) is 0. The molecule has 86 valence electrons. The van der Waals surface area contributed by atoms with Gasteiger partial charge in [0.15, 0.2) is 5.82 Å². The monoisotopic (exact) mass is 227 g/mol. The van der Waals surface area contributed by atoms with E-state index in [1.54, 1.807) is 7.05 Å². The van der Waals surface area contributed by atoms with Crippen LogP contribution in [0.15, 0.2) is 18.2 Å². The van der Waals surface area contributed by atoms with Crippen LogP contribution in [0.1, 0.15) is 0 Å². The summed E-state index contributed by atoms with van der Waals surface area (Å²) in [6.45, 7) is 0.0381. The van der Waals surface area contributed by atoms with Crippen LogP contribution in [-0.4, -0.2) is 24.4 Å². The van der Waals surface area contributed by atoms with E-state index in [4.69, 9.17) is 0 Å². The van der Waals surface area contributed by atoms with Crippen molar-refractivity contribution < 1.29 is 14.1 Å². The van der Waals surface area contributed by atoms with Crippen molar-refractivity contribution in [3.05, 3.63) is 34.1 Å². The Kier molecular flexibility index (Phi) is 3.90. The molecular formula is C9H10FN3O3. The molecule has 0 heterocycles. The number of nitrogens with zero attached hydrogens (tertiary/aromatic N) is 1. The number of hydrogen-bond donors (Lipinski definition) is 2. The minimum absolute atomic E-state index is 0.0381. The van der Waals surface area contributed by atoms with Crippen LogP contribution in [0.4, 0.5) is 15.8 Å². The van der Waals surface area contributed by atoms with E-state index in [1.807, 2.05) is 0 Å². The number of carbonyl (C=O) groups is 1. The first-order valence-electron chi connectivity index (χ1n) is 4.43. The third-order valence-electron chi connectivity index (χ3n) is 1.77. The molecule has 0 fully saturated rings. The molecule has 0 bridgehead atoms. The van der Waals surface area contributed by atoms with Gasteiger partial charge in [-0.1, -0.05) is 0 Å². The summed E-state index contributed by atoms with van der Waals surface area (Å²) in [5, 5.41) is 15.2. The maximum absolute atomic E-state index is 13.3. The van der Waals surface area contributed by atoms with Crippen molar-refractivity contribution in [2.24, 2.45) is 0 Å². The van der Waals surface area contributed by atoms with Gasteiger partial charge >= 0.3 is 0 Å². The second-order valence-electron chi connectivity index (χ2n) is 3.00. The molecular weight excluding hydrogens is 217 g/mol. The minimum atomic E-state index is -0.835. The van der Waals surface area contributed by atoms with Gasteiger partial charge in [-0.2, -0.15) is 0 Å². The normalized spacial score (nSPS) is 9.88. The maximum atomic E-state index is 13.3. The number of amides is 1. The van der Waals surface area contributed by atoms with Crippen LogP contribution < -0.4 is 10.6 Å². The first kappa shape index (κ1) is 12.1. The van der Waals surface area contributed by atoms with Gasteiger partial charge < -0.3 is 10.6 Å². The Bertz CT molecular complexity index is 422.